The molecule has 96 valence electrons. The highest BCUT2D eigenvalue weighted by atomic mass is 16.5. The van der Waals surface area contributed by atoms with Gasteiger partial charge in [-0.1, -0.05) is 0 Å². The molecule has 3 atom stereocenters. The summed E-state index contributed by atoms with van der Waals surface area (Å²) in [5, 5.41) is 38.9. The minimum atomic E-state index is -1.64. The molecule has 0 unspecified atom stereocenters. The number of hydrogen-bond acceptors (Lipinski definition) is 6. The Kier molecular flexibility index (Phi) is 4.05. The van der Waals surface area contributed by atoms with Gasteiger partial charge in [0.25, 0.3) is 0 Å². The largest absolute Gasteiger partial charge is 0.477 e. The summed E-state index contributed by atoms with van der Waals surface area (Å²) in [5.74, 6) is -2.83. The Morgan fingerprint density at radius 3 is 2.41 bits per heavy atom. The monoisotopic (exact) mass is 247 g/mol. The lowest BCUT2D eigenvalue weighted by molar-refractivity contribution is -0.147. The second kappa shape index (κ2) is 5.13. The average molecular weight is 247 g/mol. The van der Waals surface area contributed by atoms with Gasteiger partial charge in [0.1, 0.15) is 12.2 Å². The first kappa shape index (κ1) is 13.4. The number of hydrogen-bond donors (Lipinski definition) is 5. The number of carboxylic acid groups (broad SMARTS) is 1. The molecule has 0 aliphatic carbocycles. The molecule has 0 saturated carbocycles. The zero-order chi connectivity index (χ0) is 13.2. The maximum absolute atomic E-state index is 10.9. The minimum absolute atomic E-state index is 0.429. The van der Waals surface area contributed by atoms with Crippen LogP contribution >= 0.6 is 0 Å². The molecule has 0 saturated heterocycles. The van der Waals surface area contributed by atoms with E-state index in [0.717, 1.165) is 6.92 Å². The van der Waals surface area contributed by atoms with Gasteiger partial charge in [0.15, 0.2) is 6.10 Å². The van der Waals surface area contributed by atoms with Crippen molar-refractivity contribution in [3.63, 3.8) is 0 Å². The first-order valence-corrected chi connectivity index (χ1v) is 4.77. The van der Waals surface area contributed by atoms with Crippen LogP contribution in [-0.2, 0) is 14.3 Å². The van der Waals surface area contributed by atoms with Crippen LogP contribution in [0.2, 0.25) is 0 Å². The summed E-state index contributed by atoms with van der Waals surface area (Å²) < 4.78 is 4.80. The van der Waals surface area contributed by atoms with Crippen LogP contribution in [0, 0.1) is 0 Å². The number of rotatable bonds is 3. The molecule has 0 aromatic heterocycles. The highest BCUT2D eigenvalue weighted by molar-refractivity contribution is 5.87. The Hall–Kier alpha value is -1.64. The van der Waals surface area contributed by atoms with E-state index in [2.05, 4.69) is 5.32 Å². The van der Waals surface area contributed by atoms with E-state index >= 15 is 0 Å². The van der Waals surface area contributed by atoms with Crippen LogP contribution in [0.25, 0.3) is 0 Å². The molecule has 1 aliphatic heterocycles. The first-order valence-electron chi connectivity index (χ1n) is 4.77. The van der Waals surface area contributed by atoms with E-state index in [-0.39, 0.29) is 0 Å². The van der Waals surface area contributed by atoms with Gasteiger partial charge in [-0.05, 0) is 0 Å². The molecule has 1 heterocycles. The lowest BCUT2D eigenvalue weighted by atomic mass is 10.0. The molecule has 5 N–H and O–H groups in total. The lowest BCUT2D eigenvalue weighted by Crippen LogP contribution is -2.50. The number of nitrogens with one attached hydrogen (secondary N) is 1. The number of aliphatic hydroxyl groups is 3. The van der Waals surface area contributed by atoms with Gasteiger partial charge in [0.05, 0.1) is 12.3 Å². The smallest absolute Gasteiger partial charge is 0.373 e. The Balaban J connectivity index is 3.13. The number of carbonyl (C=O) groups is 2. The van der Waals surface area contributed by atoms with Gasteiger partial charge < -0.3 is 30.5 Å². The summed E-state index contributed by atoms with van der Waals surface area (Å²) in [5.41, 5.74) is -0.429. The van der Waals surface area contributed by atoms with Crippen LogP contribution in [0.3, 0.4) is 0 Å². The number of amides is 1. The number of ether oxygens (including phenoxy) is 1. The summed E-state index contributed by atoms with van der Waals surface area (Å²) in [4.78, 5) is 21.7. The predicted octanol–water partition coefficient (Wildman–Crippen LogP) is -2.47. The zero-order valence-corrected chi connectivity index (χ0v) is 8.95. The van der Waals surface area contributed by atoms with Crippen molar-refractivity contribution in [1.82, 2.24) is 5.32 Å². The first-order chi connectivity index (χ1) is 7.88. The van der Waals surface area contributed by atoms with E-state index in [1.165, 1.54) is 0 Å². The number of aliphatic carboxylic acids is 1. The van der Waals surface area contributed by atoms with Gasteiger partial charge >= 0.3 is 5.97 Å². The Morgan fingerprint density at radius 2 is 2.00 bits per heavy atom. The molecule has 0 spiro atoms. The van der Waals surface area contributed by atoms with Crippen LogP contribution in [-0.4, -0.2) is 57.2 Å². The summed E-state index contributed by atoms with van der Waals surface area (Å²) in [7, 11) is 0. The van der Waals surface area contributed by atoms with Crippen molar-refractivity contribution >= 4 is 11.9 Å². The molecule has 1 amide bonds. The quantitative estimate of drug-likeness (QED) is 0.373. The molecule has 1 aliphatic rings. The zero-order valence-electron chi connectivity index (χ0n) is 8.95. The average Bonchev–Trinajstić information content (AvgIpc) is 2.24. The third-order valence-electron chi connectivity index (χ3n) is 2.20. The van der Waals surface area contributed by atoms with Crippen molar-refractivity contribution in [2.45, 2.75) is 25.2 Å². The van der Waals surface area contributed by atoms with Gasteiger partial charge in [-0.25, -0.2) is 4.79 Å². The summed E-state index contributed by atoms with van der Waals surface area (Å²) >= 11 is 0. The van der Waals surface area contributed by atoms with E-state index in [9.17, 15) is 19.8 Å². The topological polar surface area (TPSA) is 136 Å². The Morgan fingerprint density at radius 1 is 1.41 bits per heavy atom. The number of carboxylic acids is 1. The van der Waals surface area contributed by atoms with Gasteiger partial charge in [0.2, 0.25) is 11.7 Å². The van der Waals surface area contributed by atoms with Crippen molar-refractivity contribution in [3.05, 3.63) is 11.5 Å². The van der Waals surface area contributed by atoms with Gasteiger partial charge in [-0.2, -0.15) is 0 Å². The van der Waals surface area contributed by atoms with Crippen molar-refractivity contribution in [2.75, 3.05) is 6.61 Å². The minimum Gasteiger partial charge on any atom is -0.477 e. The molecule has 17 heavy (non-hydrogen) atoms. The fraction of sp³-hybridized carbons (Fsp3) is 0.556. The molecule has 1 rings (SSSR count). The van der Waals surface area contributed by atoms with Crippen molar-refractivity contribution in [1.29, 1.82) is 0 Å². The molecule has 0 bridgehead atoms. The molecule has 0 radical (unpaired) electrons. The van der Waals surface area contributed by atoms with Crippen LogP contribution in [0.4, 0.5) is 0 Å². The van der Waals surface area contributed by atoms with E-state index in [1.807, 2.05) is 0 Å². The van der Waals surface area contributed by atoms with E-state index in [0.29, 0.717) is 0 Å². The van der Waals surface area contributed by atoms with E-state index < -0.39 is 48.3 Å². The number of aliphatic hydroxyl groups excluding tert-OH is 3. The fourth-order valence-corrected chi connectivity index (χ4v) is 1.42. The van der Waals surface area contributed by atoms with Crippen molar-refractivity contribution < 1.29 is 34.8 Å². The predicted molar refractivity (Wildman–Crippen MR) is 52.5 cm³/mol. The maximum Gasteiger partial charge on any atom is 0.373 e. The van der Waals surface area contributed by atoms with Crippen LogP contribution in [0.5, 0.6) is 0 Å². The van der Waals surface area contributed by atoms with Crippen LogP contribution in [0.15, 0.2) is 11.5 Å². The summed E-state index contributed by atoms with van der Waals surface area (Å²) in [6, 6.07) is 0. The van der Waals surface area contributed by atoms with Gasteiger partial charge in [-0.15, -0.1) is 0 Å². The Labute approximate surface area is 96.1 Å². The normalized spacial score (nSPS) is 28.6. The van der Waals surface area contributed by atoms with Crippen molar-refractivity contribution in [2.24, 2.45) is 0 Å². The second-order valence-electron chi connectivity index (χ2n) is 3.50. The van der Waals surface area contributed by atoms with Gasteiger partial charge in [0, 0.05) is 6.92 Å². The van der Waals surface area contributed by atoms with Crippen LogP contribution < -0.4 is 5.32 Å². The molecule has 0 aromatic rings. The number of carbonyl (C=O) groups excluding carboxylic acids is 1. The third kappa shape index (κ3) is 2.73. The lowest BCUT2D eigenvalue weighted by Gasteiger charge is -2.33. The highest BCUT2D eigenvalue weighted by Gasteiger charge is 2.40. The fourth-order valence-electron chi connectivity index (χ4n) is 1.42. The maximum atomic E-state index is 10.9. The van der Waals surface area contributed by atoms with Crippen molar-refractivity contribution in [3.8, 4) is 0 Å². The molecule has 0 aromatic carbocycles. The SMILES string of the molecule is CC(=O)NC1=C(C(=O)O)O[C@H](CO)[C@@H](O)[C@@H]1O. The molecular formula is C9H13NO7. The molecular weight excluding hydrogens is 234 g/mol. The second-order valence-corrected chi connectivity index (χ2v) is 3.50. The third-order valence-corrected chi connectivity index (χ3v) is 2.20. The van der Waals surface area contributed by atoms with Crippen LogP contribution in [0.1, 0.15) is 6.92 Å². The van der Waals surface area contributed by atoms with Gasteiger partial charge in [-0.3, -0.25) is 4.79 Å². The summed E-state index contributed by atoms with van der Waals surface area (Å²) in [6.07, 6.45) is -4.42. The molecule has 8 nitrogen and oxygen atoms in total. The van der Waals surface area contributed by atoms with E-state index in [1.54, 1.807) is 0 Å². The summed E-state index contributed by atoms with van der Waals surface area (Å²) in [6.45, 7) is 0.450. The molecule has 0 fully saturated rings. The van der Waals surface area contributed by atoms with E-state index in [4.69, 9.17) is 14.9 Å². The standard InChI is InChI=1S/C9H13NO7/c1-3(12)10-5-7(14)6(13)4(2-11)17-8(5)9(15)16/h4,6-7,11,13-14H,2H2,1H3,(H,10,12)(H,15,16)/t4-,6-,7-/m1/s1. The molecule has 8 heteroatoms. The Bertz CT molecular complexity index is 364. The highest BCUT2D eigenvalue weighted by Crippen LogP contribution is 2.23.